The molecule has 0 fully saturated rings. The number of aliphatic hydroxyl groups is 1. The second-order valence-electron chi connectivity index (χ2n) is 4.67. The third kappa shape index (κ3) is 5.19. The summed E-state index contributed by atoms with van der Waals surface area (Å²) in [5.74, 6) is 0.533. The third-order valence-corrected chi connectivity index (χ3v) is 2.74. The van der Waals surface area contributed by atoms with Crippen LogP contribution < -0.4 is 4.74 Å². The van der Waals surface area contributed by atoms with Gasteiger partial charge in [0.05, 0.1) is 19.3 Å². The van der Waals surface area contributed by atoms with E-state index >= 15 is 0 Å². The molecule has 20 heavy (non-hydrogen) atoms. The lowest BCUT2D eigenvalue weighted by atomic mass is 10.2. The van der Waals surface area contributed by atoms with Crippen LogP contribution in [0.4, 0.5) is 0 Å². The molecule has 5 nitrogen and oxygen atoms in total. The van der Waals surface area contributed by atoms with E-state index in [4.69, 9.17) is 9.47 Å². The fraction of sp³-hybridized carbons (Fsp3) is 0.533. The lowest BCUT2D eigenvalue weighted by Crippen LogP contribution is -2.36. The molecule has 1 atom stereocenters. The van der Waals surface area contributed by atoms with Crippen molar-refractivity contribution >= 4 is 5.91 Å². The Morgan fingerprint density at radius 1 is 1.45 bits per heavy atom. The number of hydrogen-bond donors (Lipinski definition) is 1. The molecule has 1 amide bonds. The number of carbonyl (C=O) groups excluding carboxylic acids is 1. The van der Waals surface area contributed by atoms with Crippen molar-refractivity contribution < 1.29 is 19.4 Å². The van der Waals surface area contributed by atoms with Crippen LogP contribution in [0.5, 0.6) is 5.75 Å². The van der Waals surface area contributed by atoms with E-state index in [0.717, 1.165) is 6.42 Å². The first-order valence-corrected chi connectivity index (χ1v) is 6.73. The summed E-state index contributed by atoms with van der Waals surface area (Å²) in [5.41, 5.74) is 0.547. The van der Waals surface area contributed by atoms with Gasteiger partial charge >= 0.3 is 0 Å². The van der Waals surface area contributed by atoms with Crippen LogP contribution in [0.2, 0.25) is 0 Å². The highest BCUT2D eigenvalue weighted by molar-refractivity contribution is 5.94. The van der Waals surface area contributed by atoms with E-state index in [2.05, 4.69) is 0 Å². The van der Waals surface area contributed by atoms with Gasteiger partial charge in [0, 0.05) is 26.3 Å². The number of ether oxygens (including phenoxy) is 2. The van der Waals surface area contributed by atoms with Crippen molar-refractivity contribution in [1.29, 1.82) is 0 Å². The molecular weight excluding hydrogens is 258 g/mol. The maximum atomic E-state index is 12.2. The number of likely N-dealkylation sites (N-methyl/N-ethyl adjacent to an activating group) is 1. The Labute approximate surface area is 120 Å². The van der Waals surface area contributed by atoms with Crippen molar-refractivity contribution in [2.45, 2.75) is 19.4 Å². The monoisotopic (exact) mass is 281 g/mol. The van der Waals surface area contributed by atoms with Crippen LogP contribution in [0.3, 0.4) is 0 Å². The molecule has 1 unspecified atom stereocenters. The largest absolute Gasteiger partial charge is 0.494 e. The fourth-order valence-corrected chi connectivity index (χ4v) is 1.80. The summed E-state index contributed by atoms with van der Waals surface area (Å²) in [6.45, 7) is 3.09. The smallest absolute Gasteiger partial charge is 0.253 e. The maximum Gasteiger partial charge on any atom is 0.253 e. The molecule has 0 bridgehead atoms. The first-order valence-electron chi connectivity index (χ1n) is 6.73. The first-order chi connectivity index (χ1) is 9.58. The molecule has 0 saturated heterocycles. The van der Waals surface area contributed by atoms with Gasteiger partial charge in [-0.25, -0.2) is 0 Å². The van der Waals surface area contributed by atoms with Gasteiger partial charge in [0.25, 0.3) is 5.91 Å². The van der Waals surface area contributed by atoms with E-state index in [1.807, 2.05) is 13.0 Å². The van der Waals surface area contributed by atoms with Crippen LogP contribution in [0.15, 0.2) is 24.3 Å². The second kappa shape index (κ2) is 8.55. The van der Waals surface area contributed by atoms with E-state index < -0.39 is 6.10 Å². The summed E-state index contributed by atoms with van der Waals surface area (Å²) in [6, 6.07) is 7.07. The molecule has 1 rings (SSSR count). The van der Waals surface area contributed by atoms with Gasteiger partial charge in [0.1, 0.15) is 5.75 Å². The van der Waals surface area contributed by atoms with Gasteiger partial charge in [-0.2, -0.15) is 0 Å². The average molecular weight is 281 g/mol. The Kier molecular flexibility index (Phi) is 7.04. The van der Waals surface area contributed by atoms with Crippen LogP contribution in [0.25, 0.3) is 0 Å². The van der Waals surface area contributed by atoms with Gasteiger partial charge in [-0.3, -0.25) is 4.79 Å². The van der Waals surface area contributed by atoms with Crippen LogP contribution in [0, 0.1) is 0 Å². The molecule has 0 spiro atoms. The first kappa shape index (κ1) is 16.5. The zero-order chi connectivity index (χ0) is 15.0. The molecule has 0 aliphatic heterocycles. The Bertz CT molecular complexity index is 422. The number of benzene rings is 1. The zero-order valence-electron chi connectivity index (χ0n) is 12.3. The summed E-state index contributed by atoms with van der Waals surface area (Å²) in [6.07, 6.45) is 0.231. The highest BCUT2D eigenvalue weighted by Gasteiger charge is 2.15. The molecule has 0 aliphatic carbocycles. The Balaban J connectivity index is 2.66. The lowest BCUT2D eigenvalue weighted by Gasteiger charge is -2.20. The van der Waals surface area contributed by atoms with Crippen molar-refractivity contribution in [3.05, 3.63) is 29.8 Å². The van der Waals surface area contributed by atoms with E-state index in [-0.39, 0.29) is 19.1 Å². The molecule has 5 heteroatoms. The molecule has 0 heterocycles. The summed E-state index contributed by atoms with van der Waals surface area (Å²) < 4.78 is 10.4. The molecule has 0 radical (unpaired) electrons. The van der Waals surface area contributed by atoms with Crippen LogP contribution in [-0.4, -0.2) is 55.9 Å². The Morgan fingerprint density at radius 2 is 2.20 bits per heavy atom. The molecule has 1 N–H and O–H groups in total. The third-order valence-electron chi connectivity index (χ3n) is 2.74. The second-order valence-corrected chi connectivity index (χ2v) is 4.67. The minimum atomic E-state index is -0.687. The maximum absolute atomic E-state index is 12.2. The Hall–Kier alpha value is -1.59. The van der Waals surface area contributed by atoms with Gasteiger partial charge in [-0.15, -0.1) is 0 Å². The molecule has 112 valence electrons. The van der Waals surface area contributed by atoms with E-state index in [1.54, 1.807) is 25.2 Å². The van der Waals surface area contributed by atoms with E-state index in [0.29, 0.717) is 17.9 Å². The van der Waals surface area contributed by atoms with E-state index in [9.17, 15) is 9.90 Å². The molecule has 0 aromatic heterocycles. The number of methoxy groups -OCH3 is 1. The number of hydrogen-bond acceptors (Lipinski definition) is 4. The zero-order valence-corrected chi connectivity index (χ0v) is 12.3. The van der Waals surface area contributed by atoms with Crippen molar-refractivity contribution in [2.75, 3.05) is 33.9 Å². The van der Waals surface area contributed by atoms with Gasteiger partial charge in [0.15, 0.2) is 0 Å². The minimum absolute atomic E-state index is 0.151. The number of carbonyl (C=O) groups is 1. The summed E-state index contributed by atoms with van der Waals surface area (Å²) in [5, 5.41) is 9.64. The number of rotatable bonds is 8. The predicted molar refractivity (Wildman–Crippen MR) is 77.1 cm³/mol. The molecule has 1 aromatic rings. The summed E-state index contributed by atoms with van der Waals surface area (Å²) in [4.78, 5) is 13.7. The number of aliphatic hydroxyl groups excluding tert-OH is 1. The predicted octanol–water partition coefficient (Wildman–Crippen LogP) is 1.55. The van der Waals surface area contributed by atoms with E-state index in [1.165, 1.54) is 12.0 Å². The average Bonchev–Trinajstić information content (AvgIpc) is 2.44. The normalized spacial score (nSPS) is 12.0. The van der Waals surface area contributed by atoms with Crippen molar-refractivity contribution in [3.8, 4) is 5.75 Å². The SMILES string of the molecule is CCCOc1cccc(C(=O)N(C)CC(O)COC)c1. The molecule has 1 aromatic carbocycles. The summed E-state index contributed by atoms with van der Waals surface area (Å²) >= 11 is 0. The topological polar surface area (TPSA) is 59.0 Å². The molecular formula is C15H23NO4. The lowest BCUT2D eigenvalue weighted by molar-refractivity contribution is 0.0380. The Morgan fingerprint density at radius 3 is 2.85 bits per heavy atom. The van der Waals surface area contributed by atoms with Crippen molar-refractivity contribution in [2.24, 2.45) is 0 Å². The quantitative estimate of drug-likeness (QED) is 0.785. The number of nitrogens with zero attached hydrogens (tertiary/aromatic N) is 1. The molecule has 0 aliphatic rings. The highest BCUT2D eigenvalue weighted by atomic mass is 16.5. The van der Waals surface area contributed by atoms with Gasteiger partial charge in [-0.05, 0) is 24.6 Å². The van der Waals surface area contributed by atoms with Gasteiger partial charge in [0.2, 0.25) is 0 Å². The van der Waals surface area contributed by atoms with Gasteiger partial charge < -0.3 is 19.5 Å². The highest BCUT2D eigenvalue weighted by Crippen LogP contribution is 2.15. The summed E-state index contributed by atoms with van der Waals surface area (Å²) in [7, 11) is 3.17. The van der Waals surface area contributed by atoms with Crippen LogP contribution in [-0.2, 0) is 4.74 Å². The van der Waals surface area contributed by atoms with Crippen LogP contribution in [0.1, 0.15) is 23.7 Å². The minimum Gasteiger partial charge on any atom is -0.494 e. The standard InChI is InChI=1S/C15H23NO4/c1-4-8-20-14-7-5-6-12(9-14)15(18)16(2)10-13(17)11-19-3/h5-7,9,13,17H,4,8,10-11H2,1-3H3. The fourth-order valence-electron chi connectivity index (χ4n) is 1.80. The van der Waals surface area contributed by atoms with Crippen molar-refractivity contribution in [1.82, 2.24) is 4.90 Å². The molecule has 0 saturated carbocycles. The number of amides is 1. The van der Waals surface area contributed by atoms with Gasteiger partial charge in [-0.1, -0.05) is 13.0 Å². The van der Waals surface area contributed by atoms with Crippen LogP contribution >= 0.6 is 0 Å². The van der Waals surface area contributed by atoms with Crippen molar-refractivity contribution in [3.63, 3.8) is 0 Å².